The van der Waals surface area contributed by atoms with E-state index in [1.54, 1.807) is 4.90 Å². The molecule has 10 nitrogen and oxygen atoms in total. The molecule has 2 N–H and O–H groups in total. The number of hydrogen-bond acceptors (Lipinski definition) is 7. The van der Waals surface area contributed by atoms with Gasteiger partial charge in [0.25, 0.3) is 11.4 Å². The highest BCUT2D eigenvalue weighted by Crippen LogP contribution is 2.36. The van der Waals surface area contributed by atoms with E-state index in [0.29, 0.717) is 19.6 Å². The molecule has 1 heterocycles. The summed E-state index contributed by atoms with van der Waals surface area (Å²) in [6.45, 7) is 3.65. The van der Waals surface area contributed by atoms with Gasteiger partial charge < -0.3 is 15.0 Å². The fourth-order valence-corrected chi connectivity index (χ4v) is 2.68. The maximum absolute atomic E-state index is 12.0. The van der Waals surface area contributed by atoms with E-state index < -0.39 is 27.2 Å². The number of ether oxygens (including phenoxy) is 1. The van der Waals surface area contributed by atoms with Crippen LogP contribution in [0.5, 0.6) is 0 Å². The molecular formula is C13H17N4O6+. The quantitative estimate of drug-likeness (QED) is 0.470. The summed E-state index contributed by atoms with van der Waals surface area (Å²) in [7, 11) is 1.13. The van der Waals surface area contributed by atoms with Crippen molar-refractivity contribution in [3.63, 3.8) is 0 Å². The van der Waals surface area contributed by atoms with Gasteiger partial charge in [0.1, 0.15) is 11.7 Å². The van der Waals surface area contributed by atoms with Crippen molar-refractivity contribution >= 4 is 23.0 Å². The number of carbonyl (C=O) groups is 1. The summed E-state index contributed by atoms with van der Waals surface area (Å²) in [5, 5.41) is 24.5. The number of carbonyl (C=O) groups excluding carboxylic acids is 1. The van der Waals surface area contributed by atoms with Gasteiger partial charge in [-0.1, -0.05) is 0 Å². The Hall–Kier alpha value is -2.75. The van der Waals surface area contributed by atoms with E-state index in [9.17, 15) is 25.0 Å². The van der Waals surface area contributed by atoms with E-state index >= 15 is 0 Å². The predicted molar refractivity (Wildman–Crippen MR) is 79.6 cm³/mol. The summed E-state index contributed by atoms with van der Waals surface area (Å²) in [6, 6.07) is 2.09. The zero-order chi connectivity index (χ0) is 17.1. The molecule has 0 saturated carbocycles. The lowest BCUT2D eigenvalue weighted by molar-refractivity contribution is -0.687. The zero-order valence-electron chi connectivity index (χ0n) is 12.7. The molecule has 1 aliphatic heterocycles. The zero-order valence-corrected chi connectivity index (χ0v) is 12.7. The van der Waals surface area contributed by atoms with Crippen molar-refractivity contribution in [2.45, 2.75) is 13.0 Å². The molecule has 0 radical (unpaired) electrons. The van der Waals surface area contributed by atoms with Crippen molar-refractivity contribution in [3.05, 3.63) is 37.9 Å². The molecule has 0 aromatic heterocycles. The minimum Gasteiger partial charge on any atom is -0.465 e. The first-order valence-electron chi connectivity index (χ1n) is 6.98. The predicted octanol–water partition coefficient (Wildman–Crippen LogP) is 0.0615. The Morgan fingerprint density at radius 3 is 2.57 bits per heavy atom. The van der Waals surface area contributed by atoms with E-state index in [0.717, 1.165) is 19.2 Å². The van der Waals surface area contributed by atoms with E-state index in [1.807, 2.05) is 6.92 Å². The van der Waals surface area contributed by atoms with Crippen LogP contribution in [0.1, 0.15) is 17.3 Å². The summed E-state index contributed by atoms with van der Waals surface area (Å²) < 4.78 is 4.65. The first kappa shape index (κ1) is 16.6. The van der Waals surface area contributed by atoms with Crippen molar-refractivity contribution in [3.8, 4) is 0 Å². The van der Waals surface area contributed by atoms with Gasteiger partial charge in [-0.3, -0.25) is 20.2 Å². The molecule has 1 aromatic carbocycles. The van der Waals surface area contributed by atoms with Crippen molar-refractivity contribution in [1.29, 1.82) is 0 Å². The van der Waals surface area contributed by atoms with Crippen LogP contribution in [-0.4, -0.2) is 48.6 Å². The number of piperazine rings is 1. The first-order chi connectivity index (χ1) is 10.8. The maximum atomic E-state index is 12.0. The SMILES string of the molecule is COC(=O)c1cc([N+](=O)[O-])cc([N+](=O)[O-])c1N1CC[NH2+][C@H](C)C1. The van der Waals surface area contributed by atoms with Gasteiger partial charge in [-0.15, -0.1) is 0 Å². The van der Waals surface area contributed by atoms with Crippen LogP contribution in [0.15, 0.2) is 12.1 Å². The largest absolute Gasteiger partial charge is 0.465 e. The molecule has 1 fully saturated rings. The van der Waals surface area contributed by atoms with Gasteiger partial charge in [0.15, 0.2) is 0 Å². The number of nitro groups is 2. The maximum Gasteiger partial charge on any atom is 0.340 e. The van der Waals surface area contributed by atoms with Crippen LogP contribution in [0.4, 0.5) is 17.1 Å². The second kappa shape index (κ2) is 6.57. The Labute approximate surface area is 131 Å². The third-order valence-corrected chi connectivity index (χ3v) is 3.68. The van der Waals surface area contributed by atoms with Gasteiger partial charge >= 0.3 is 5.97 Å². The molecule has 124 valence electrons. The number of non-ortho nitro benzene ring substituents is 1. The molecule has 10 heteroatoms. The van der Waals surface area contributed by atoms with Gasteiger partial charge in [-0.25, -0.2) is 4.79 Å². The third-order valence-electron chi connectivity index (χ3n) is 3.68. The van der Waals surface area contributed by atoms with Gasteiger partial charge in [-0.05, 0) is 6.92 Å². The minimum absolute atomic E-state index is 0.0763. The fraction of sp³-hybridized carbons (Fsp3) is 0.462. The number of quaternary nitrogens is 1. The third kappa shape index (κ3) is 3.37. The highest BCUT2D eigenvalue weighted by atomic mass is 16.6. The van der Waals surface area contributed by atoms with Crippen LogP contribution in [0, 0.1) is 20.2 Å². The molecule has 2 rings (SSSR count). The normalized spacial score (nSPS) is 17.7. The van der Waals surface area contributed by atoms with Gasteiger partial charge in [0, 0.05) is 6.07 Å². The molecule has 1 aromatic rings. The Kier molecular flexibility index (Phi) is 4.74. The van der Waals surface area contributed by atoms with E-state index in [1.165, 1.54) is 0 Å². The Balaban J connectivity index is 2.67. The number of rotatable bonds is 4. The average molecular weight is 325 g/mol. The van der Waals surface area contributed by atoms with Gasteiger partial charge in [0.05, 0.1) is 48.2 Å². The Morgan fingerprint density at radius 2 is 2.04 bits per heavy atom. The van der Waals surface area contributed by atoms with E-state index in [2.05, 4.69) is 10.1 Å². The lowest BCUT2D eigenvalue weighted by Gasteiger charge is -2.31. The van der Waals surface area contributed by atoms with E-state index in [-0.39, 0.29) is 17.3 Å². The second-order valence-electron chi connectivity index (χ2n) is 5.31. The average Bonchev–Trinajstić information content (AvgIpc) is 2.52. The van der Waals surface area contributed by atoms with Crippen molar-refractivity contribution in [2.24, 2.45) is 0 Å². The summed E-state index contributed by atoms with van der Waals surface area (Å²) in [4.78, 5) is 34.6. The number of nitrogens with two attached hydrogens (primary N) is 1. The summed E-state index contributed by atoms with van der Waals surface area (Å²) in [6.07, 6.45) is 0. The smallest absolute Gasteiger partial charge is 0.340 e. The first-order valence-corrected chi connectivity index (χ1v) is 6.98. The molecule has 1 aliphatic rings. The number of benzene rings is 1. The molecule has 1 saturated heterocycles. The number of nitrogens with zero attached hydrogens (tertiary/aromatic N) is 3. The number of hydrogen-bond donors (Lipinski definition) is 1. The molecule has 0 aliphatic carbocycles. The fourth-order valence-electron chi connectivity index (χ4n) is 2.68. The Morgan fingerprint density at radius 1 is 1.35 bits per heavy atom. The van der Waals surface area contributed by atoms with Gasteiger partial charge in [0.2, 0.25) is 0 Å². The van der Waals surface area contributed by atoms with Crippen LogP contribution >= 0.6 is 0 Å². The summed E-state index contributed by atoms with van der Waals surface area (Å²) in [5.41, 5.74) is -1.07. The highest BCUT2D eigenvalue weighted by molar-refractivity contribution is 5.99. The van der Waals surface area contributed by atoms with Crippen LogP contribution in [-0.2, 0) is 4.74 Å². The van der Waals surface area contributed by atoms with Crippen LogP contribution in [0.25, 0.3) is 0 Å². The lowest BCUT2D eigenvalue weighted by Crippen LogP contribution is -2.94. The number of nitro benzene ring substituents is 2. The van der Waals surface area contributed by atoms with Crippen molar-refractivity contribution in [2.75, 3.05) is 31.6 Å². The number of methoxy groups -OCH3 is 1. The molecule has 1 atom stereocenters. The molecule has 23 heavy (non-hydrogen) atoms. The second-order valence-corrected chi connectivity index (χ2v) is 5.31. The topological polar surface area (TPSA) is 132 Å². The van der Waals surface area contributed by atoms with Crippen LogP contribution in [0.2, 0.25) is 0 Å². The summed E-state index contributed by atoms with van der Waals surface area (Å²) >= 11 is 0. The standard InChI is InChI=1S/C13H16N4O6/c1-8-7-15(4-3-14-8)12-10(13(18)23-2)5-9(16(19)20)6-11(12)17(21)22/h5-6,8,14H,3-4,7H2,1-2H3/p+1/t8-/m1/s1. The summed E-state index contributed by atoms with van der Waals surface area (Å²) in [5.74, 6) is -0.839. The van der Waals surface area contributed by atoms with E-state index in [4.69, 9.17) is 0 Å². The monoisotopic (exact) mass is 325 g/mol. The number of anilines is 1. The Bertz CT molecular complexity index is 662. The molecule has 0 spiro atoms. The minimum atomic E-state index is -0.839. The van der Waals surface area contributed by atoms with Gasteiger partial charge in [-0.2, -0.15) is 0 Å². The van der Waals surface area contributed by atoms with Crippen molar-refractivity contribution in [1.82, 2.24) is 0 Å². The molecule has 0 unspecified atom stereocenters. The number of esters is 1. The molecular weight excluding hydrogens is 308 g/mol. The molecule has 0 bridgehead atoms. The highest BCUT2D eigenvalue weighted by Gasteiger charge is 2.33. The molecule has 0 amide bonds. The van der Waals surface area contributed by atoms with Crippen LogP contribution in [0.3, 0.4) is 0 Å². The lowest BCUT2D eigenvalue weighted by atomic mass is 10.1. The van der Waals surface area contributed by atoms with Crippen molar-refractivity contribution < 1.29 is 24.7 Å². The van der Waals surface area contributed by atoms with Crippen LogP contribution < -0.4 is 10.2 Å².